The minimum absolute atomic E-state index is 0. The van der Waals surface area contributed by atoms with Gasteiger partial charge in [-0.2, -0.15) is 0 Å². The van der Waals surface area contributed by atoms with Crippen LogP contribution in [0.4, 0.5) is 0 Å². The van der Waals surface area contributed by atoms with E-state index in [1.54, 1.807) is 13.0 Å². The number of phenolic OH excluding ortho intramolecular Hbond substituents is 1. The van der Waals surface area contributed by atoms with Crippen LogP contribution >= 0.6 is 0 Å². The predicted molar refractivity (Wildman–Crippen MR) is 127 cm³/mol. The maximum atomic E-state index is 12.7. The molecule has 0 spiro atoms. The Morgan fingerprint density at radius 3 is 2.15 bits per heavy atom. The van der Waals surface area contributed by atoms with Gasteiger partial charge < -0.3 is 26.2 Å². The summed E-state index contributed by atoms with van der Waals surface area (Å²) in [5.41, 5.74) is 4.77. The maximum Gasteiger partial charge on any atom is 0.255 e. The van der Waals surface area contributed by atoms with Gasteiger partial charge in [-0.15, -0.1) is 0 Å². The molecule has 0 bridgehead atoms. The van der Waals surface area contributed by atoms with Crippen molar-refractivity contribution in [1.29, 1.82) is 0 Å². The van der Waals surface area contributed by atoms with Crippen molar-refractivity contribution in [2.75, 3.05) is 6.61 Å². The van der Waals surface area contributed by atoms with Crippen molar-refractivity contribution in [3.8, 4) is 5.75 Å². The normalized spacial score (nSPS) is 24.2. The Morgan fingerprint density at radius 1 is 1.06 bits per heavy atom. The second-order valence-corrected chi connectivity index (χ2v) is 8.14. The maximum absolute atomic E-state index is 12.7. The molecule has 6 N–H and O–H groups in total. The number of benzene rings is 1. The van der Waals surface area contributed by atoms with E-state index in [1.807, 2.05) is 34.6 Å². The number of aliphatic hydroxyl groups is 3. The first-order valence-electron chi connectivity index (χ1n) is 11.5. The Kier molecular flexibility index (Phi) is 9.81. The molecular formula is C25H39NO7. The topological polar surface area (TPSA) is 158 Å². The molecule has 8 heteroatoms. The predicted octanol–water partition coefficient (Wildman–Crippen LogP) is 3.05. The number of rotatable bonds is 4. The van der Waals surface area contributed by atoms with Crippen LogP contribution in [0.1, 0.15) is 75.4 Å². The van der Waals surface area contributed by atoms with Crippen LogP contribution in [-0.4, -0.2) is 50.1 Å². The Hall–Kier alpha value is -2.71. The summed E-state index contributed by atoms with van der Waals surface area (Å²) < 4.78 is 0. The van der Waals surface area contributed by atoms with E-state index in [4.69, 9.17) is 5.73 Å². The SMILES string of the molecule is CC.CC.Cc1cc(C)c2c(c1O)C(=O)CC(C[C@H]1CC(=O)C(C(N)=O)=C(O)[C@@]1(O)CO)C2.[HH]. The zero-order valence-electron chi connectivity index (χ0n) is 20.4. The van der Waals surface area contributed by atoms with Gasteiger partial charge in [-0.3, -0.25) is 14.4 Å². The second kappa shape index (κ2) is 11.4. The summed E-state index contributed by atoms with van der Waals surface area (Å²) in [4.78, 5) is 36.5. The Labute approximate surface area is 196 Å². The lowest BCUT2D eigenvalue weighted by molar-refractivity contribution is -0.130. The minimum Gasteiger partial charge on any atom is -0.508 e. The summed E-state index contributed by atoms with van der Waals surface area (Å²) >= 11 is 0. The van der Waals surface area contributed by atoms with Crippen LogP contribution in [0.3, 0.4) is 0 Å². The zero-order valence-corrected chi connectivity index (χ0v) is 20.4. The molecule has 3 rings (SSSR count). The van der Waals surface area contributed by atoms with Crippen LogP contribution in [0, 0.1) is 25.7 Å². The molecule has 186 valence electrons. The van der Waals surface area contributed by atoms with Crippen LogP contribution in [-0.2, 0) is 16.0 Å². The summed E-state index contributed by atoms with van der Waals surface area (Å²) in [7, 11) is 0. The van der Waals surface area contributed by atoms with Crippen LogP contribution in [0.2, 0.25) is 0 Å². The fourth-order valence-corrected chi connectivity index (χ4v) is 4.65. The van der Waals surface area contributed by atoms with Crippen molar-refractivity contribution < 1.29 is 36.2 Å². The second-order valence-electron chi connectivity index (χ2n) is 8.14. The number of amides is 1. The average Bonchev–Trinajstić information content (AvgIpc) is 2.78. The molecule has 1 unspecified atom stereocenters. The number of primary amides is 1. The van der Waals surface area contributed by atoms with Gasteiger partial charge in [0.1, 0.15) is 22.7 Å². The molecule has 0 aliphatic heterocycles. The number of aryl methyl sites for hydroxylation is 2. The van der Waals surface area contributed by atoms with Crippen molar-refractivity contribution in [2.45, 2.75) is 72.8 Å². The van der Waals surface area contributed by atoms with E-state index >= 15 is 0 Å². The van der Waals surface area contributed by atoms with Crippen molar-refractivity contribution in [2.24, 2.45) is 17.6 Å². The van der Waals surface area contributed by atoms with Gasteiger partial charge in [0.25, 0.3) is 5.91 Å². The van der Waals surface area contributed by atoms with Crippen molar-refractivity contribution in [1.82, 2.24) is 0 Å². The molecular weight excluding hydrogens is 426 g/mol. The van der Waals surface area contributed by atoms with Crippen LogP contribution < -0.4 is 5.73 Å². The van der Waals surface area contributed by atoms with Crippen molar-refractivity contribution in [3.63, 3.8) is 0 Å². The average molecular weight is 466 g/mol. The first kappa shape index (κ1) is 28.3. The van der Waals surface area contributed by atoms with Crippen LogP contribution in [0.15, 0.2) is 17.4 Å². The van der Waals surface area contributed by atoms with E-state index in [0.717, 1.165) is 11.1 Å². The molecule has 0 aromatic heterocycles. The zero-order chi connectivity index (χ0) is 25.7. The largest absolute Gasteiger partial charge is 0.508 e. The molecule has 2 aliphatic rings. The third-order valence-electron chi connectivity index (χ3n) is 6.21. The number of aromatic hydroxyl groups is 1. The van der Waals surface area contributed by atoms with Gasteiger partial charge in [-0.1, -0.05) is 33.8 Å². The van der Waals surface area contributed by atoms with E-state index in [2.05, 4.69) is 0 Å². The molecule has 0 radical (unpaired) electrons. The van der Waals surface area contributed by atoms with E-state index in [0.29, 0.717) is 17.5 Å². The van der Waals surface area contributed by atoms with Gasteiger partial charge in [-0.05, 0) is 49.3 Å². The number of aliphatic hydroxyl groups excluding tert-OH is 2. The number of hydrogen-bond donors (Lipinski definition) is 5. The number of ketones is 2. The van der Waals surface area contributed by atoms with Crippen LogP contribution in [0.5, 0.6) is 5.75 Å². The van der Waals surface area contributed by atoms with Crippen molar-refractivity contribution >= 4 is 17.5 Å². The molecule has 2 aliphatic carbocycles. The summed E-state index contributed by atoms with van der Waals surface area (Å²) in [5.74, 6) is -4.20. The highest BCUT2D eigenvalue weighted by Gasteiger charge is 2.50. The summed E-state index contributed by atoms with van der Waals surface area (Å²) in [6.45, 7) is 10.7. The molecule has 1 amide bonds. The Morgan fingerprint density at radius 2 is 1.64 bits per heavy atom. The number of Topliss-reactive ketones (excluding diaryl/α,β-unsaturated/α-hetero) is 2. The lowest BCUT2D eigenvalue weighted by atomic mass is 9.68. The standard InChI is InChI=1S/C21H25NO7.2C2H6.H2/c1-9-3-10(2)18(26)16-13(9)5-11(6-14(16)24)4-12-7-15(25)17(20(22)28)19(27)21(12,29)8-23;2*1-2;/h3,11-12,23,26-27,29H,4-8H2,1-2H3,(H2,22,28);2*1-2H3;1H/t11?,12-,21+;;;/m0.../s1. The molecule has 0 fully saturated rings. The molecule has 0 saturated heterocycles. The van der Waals surface area contributed by atoms with Crippen molar-refractivity contribution in [3.05, 3.63) is 39.7 Å². The monoisotopic (exact) mass is 465 g/mol. The molecule has 1 aromatic carbocycles. The molecule has 1 aromatic rings. The first-order chi connectivity index (χ1) is 15.5. The number of carbonyl (C=O) groups excluding carboxylic acids is 3. The summed E-state index contributed by atoms with van der Waals surface area (Å²) in [5, 5.41) is 41.1. The fourth-order valence-electron chi connectivity index (χ4n) is 4.65. The van der Waals surface area contributed by atoms with Gasteiger partial charge in [0, 0.05) is 20.2 Å². The highest BCUT2D eigenvalue weighted by Crippen LogP contribution is 2.43. The summed E-state index contributed by atoms with van der Waals surface area (Å²) in [6, 6.07) is 1.80. The van der Waals surface area contributed by atoms with Gasteiger partial charge in [0.05, 0.1) is 12.2 Å². The molecule has 0 heterocycles. The molecule has 3 atom stereocenters. The lowest BCUT2D eigenvalue weighted by Gasteiger charge is -2.40. The number of phenols is 1. The van der Waals surface area contributed by atoms with E-state index < -0.39 is 41.1 Å². The number of fused-ring (bicyclic) bond motifs is 1. The van der Waals surface area contributed by atoms with Gasteiger partial charge in [0.15, 0.2) is 11.6 Å². The molecule has 33 heavy (non-hydrogen) atoms. The Bertz CT molecular complexity index is 957. The van der Waals surface area contributed by atoms with E-state index in [9.17, 15) is 34.8 Å². The highest BCUT2D eigenvalue weighted by molar-refractivity contribution is 6.20. The summed E-state index contributed by atoms with van der Waals surface area (Å²) in [6.07, 6.45) is 0.427. The molecule has 0 saturated carbocycles. The van der Waals surface area contributed by atoms with E-state index in [1.165, 1.54) is 0 Å². The smallest absolute Gasteiger partial charge is 0.255 e. The number of nitrogens with two attached hydrogens (primary N) is 1. The van der Waals surface area contributed by atoms with Crippen LogP contribution in [0.25, 0.3) is 0 Å². The first-order valence-corrected chi connectivity index (χ1v) is 11.5. The fraction of sp³-hybridized carbons (Fsp3) is 0.560. The highest BCUT2D eigenvalue weighted by atomic mass is 16.4. The van der Waals surface area contributed by atoms with Gasteiger partial charge in [0.2, 0.25) is 0 Å². The minimum atomic E-state index is -2.19. The third kappa shape index (κ3) is 5.28. The van der Waals surface area contributed by atoms with Gasteiger partial charge >= 0.3 is 0 Å². The lowest BCUT2D eigenvalue weighted by Crippen LogP contribution is -2.51. The molecule has 8 nitrogen and oxygen atoms in total. The van der Waals surface area contributed by atoms with Gasteiger partial charge in [-0.25, -0.2) is 0 Å². The number of carbonyl (C=O) groups is 3. The third-order valence-corrected chi connectivity index (χ3v) is 6.21. The quantitative estimate of drug-likeness (QED) is 0.427. The van der Waals surface area contributed by atoms with E-state index in [-0.39, 0.29) is 38.1 Å². The number of hydrogen-bond acceptors (Lipinski definition) is 7. The Balaban J connectivity index is 0.00000207.